The zero-order valence-electron chi connectivity index (χ0n) is 33.7. The zero-order chi connectivity index (χ0) is 40.5. The Morgan fingerprint density at radius 3 is 2.42 bits per heavy atom. The number of aliphatic imine (C=N–C) groups is 1. The molecule has 59 heavy (non-hydrogen) atoms. The van der Waals surface area contributed by atoms with Crippen LogP contribution < -0.4 is 15.0 Å². The molecular formula is C45H47ClN10O2S. The first-order valence-corrected chi connectivity index (χ1v) is 22.1. The number of anilines is 1. The van der Waals surface area contributed by atoms with Crippen LogP contribution in [-0.2, 0) is 12.0 Å². The third kappa shape index (κ3) is 7.08. The summed E-state index contributed by atoms with van der Waals surface area (Å²) in [5.74, 6) is 3.75. The van der Waals surface area contributed by atoms with Crippen LogP contribution in [0, 0.1) is 43.4 Å². The Bertz CT molecular complexity index is 2490. The molecule has 3 saturated carbocycles. The van der Waals surface area contributed by atoms with Gasteiger partial charge in [0, 0.05) is 54.2 Å². The number of benzene rings is 1. The number of aromatic nitrogens is 6. The molecule has 2 spiro atoms. The van der Waals surface area contributed by atoms with Gasteiger partial charge in [-0.2, -0.15) is 5.26 Å². The van der Waals surface area contributed by atoms with Crippen LogP contribution in [0.25, 0.3) is 5.00 Å². The van der Waals surface area contributed by atoms with Gasteiger partial charge in [-0.25, -0.2) is 9.97 Å². The molecule has 1 amide bonds. The summed E-state index contributed by atoms with van der Waals surface area (Å²) in [5.41, 5.74) is 6.64. The third-order valence-corrected chi connectivity index (χ3v) is 15.0. The highest BCUT2D eigenvalue weighted by molar-refractivity contribution is 7.15. The number of amides is 1. The van der Waals surface area contributed by atoms with E-state index in [0.717, 1.165) is 98.9 Å². The summed E-state index contributed by atoms with van der Waals surface area (Å²) in [6.07, 6.45) is 16.5. The average Bonchev–Trinajstić information content (AvgIpc) is 3.85. The normalized spacial score (nSPS) is 21.5. The van der Waals surface area contributed by atoms with E-state index in [0.29, 0.717) is 39.2 Å². The van der Waals surface area contributed by atoms with Crippen LogP contribution in [0.15, 0.2) is 53.9 Å². The predicted molar refractivity (Wildman–Crippen MR) is 227 cm³/mol. The molecule has 2 aliphatic heterocycles. The molecule has 1 saturated heterocycles. The summed E-state index contributed by atoms with van der Waals surface area (Å²) in [4.78, 5) is 36.4. The lowest BCUT2D eigenvalue weighted by Gasteiger charge is -2.52. The van der Waals surface area contributed by atoms with Gasteiger partial charge in [0.05, 0.1) is 33.7 Å². The van der Waals surface area contributed by atoms with Crippen molar-refractivity contribution in [3.63, 3.8) is 0 Å². The highest BCUT2D eigenvalue weighted by Crippen LogP contribution is 2.54. The highest BCUT2D eigenvalue weighted by atomic mass is 35.5. The molecule has 5 aromatic rings. The molecule has 14 heteroatoms. The number of piperidine rings is 1. The fourth-order valence-corrected chi connectivity index (χ4v) is 11.3. The molecule has 302 valence electrons. The molecule has 1 N–H and O–H groups in total. The summed E-state index contributed by atoms with van der Waals surface area (Å²) >= 11 is 7.96. The first kappa shape index (κ1) is 38.0. The minimum atomic E-state index is -0.303. The number of pyridine rings is 1. The number of ether oxygens (including phenoxy) is 1. The Balaban J connectivity index is 0.697. The van der Waals surface area contributed by atoms with E-state index in [1.165, 1.54) is 34.4 Å². The van der Waals surface area contributed by atoms with Gasteiger partial charge >= 0.3 is 0 Å². The minimum Gasteiger partial charge on any atom is -0.490 e. The van der Waals surface area contributed by atoms with Crippen molar-refractivity contribution < 1.29 is 9.53 Å². The molecule has 3 aliphatic carbocycles. The Kier molecular flexibility index (Phi) is 9.55. The first-order valence-electron chi connectivity index (χ1n) is 20.9. The first-order chi connectivity index (χ1) is 28.6. The number of fused-ring (bicyclic) bond motifs is 4. The largest absolute Gasteiger partial charge is 0.490 e. The molecule has 4 fully saturated rings. The van der Waals surface area contributed by atoms with E-state index in [9.17, 15) is 4.79 Å². The molecule has 5 aliphatic rings. The second kappa shape index (κ2) is 14.8. The SMILES string of the molecule is Cc1sc2c(c1C)C(c1ccc(CC3CC4(CCN(c5ncc(C(=O)NC6CCC(Oc7ccc(C#N)c(Cl)c7)CC6)cn5)CC4)C3)cn1)=NC1(CC1)c1nnc(C)n1-2. The summed E-state index contributed by atoms with van der Waals surface area (Å²) < 4.78 is 8.35. The van der Waals surface area contributed by atoms with Crippen LogP contribution >= 0.6 is 22.9 Å². The van der Waals surface area contributed by atoms with Crippen molar-refractivity contribution in [2.75, 3.05) is 18.0 Å². The number of carbonyl (C=O) groups is 1. The van der Waals surface area contributed by atoms with Gasteiger partial charge in [0.15, 0.2) is 5.82 Å². The van der Waals surface area contributed by atoms with Crippen molar-refractivity contribution >= 4 is 40.5 Å². The number of hydrogen-bond acceptors (Lipinski definition) is 11. The monoisotopic (exact) mass is 826 g/mol. The molecule has 0 unspecified atom stereocenters. The number of aryl methyl sites for hydroxylation is 2. The van der Waals surface area contributed by atoms with Gasteiger partial charge in [-0.1, -0.05) is 17.7 Å². The Morgan fingerprint density at radius 2 is 1.75 bits per heavy atom. The maximum Gasteiger partial charge on any atom is 0.254 e. The molecule has 0 bridgehead atoms. The summed E-state index contributed by atoms with van der Waals surface area (Å²) in [6, 6.07) is 11.7. The lowest BCUT2D eigenvalue weighted by Crippen LogP contribution is -2.48. The summed E-state index contributed by atoms with van der Waals surface area (Å²) in [5, 5.41) is 22.9. The summed E-state index contributed by atoms with van der Waals surface area (Å²) in [6.45, 7) is 8.27. The Hall–Kier alpha value is -5.19. The standard InChI is InChI=1S/C45H47ClN10O2S/c1-26-27(2)59-41-38(26)39(52-45(12-13-45)42-54-53-28(3)56(41)42)37-11-4-29(23-48-37)18-30-20-44(21-30)14-16-55(17-15-44)43-49-24-32(25-50-43)40(57)51-33-6-9-34(10-7-33)58-35-8-5-31(22-47)36(46)19-35/h4-5,8,11,19,23-25,30,33-34H,6-7,9-10,12-18,20-21H2,1-3H3,(H,51,57). The lowest BCUT2D eigenvalue weighted by atomic mass is 9.56. The number of thiophene rings is 1. The minimum absolute atomic E-state index is 0.0442. The zero-order valence-corrected chi connectivity index (χ0v) is 35.2. The van der Waals surface area contributed by atoms with Crippen LogP contribution in [0.3, 0.4) is 0 Å². The summed E-state index contributed by atoms with van der Waals surface area (Å²) in [7, 11) is 0. The van der Waals surface area contributed by atoms with E-state index in [4.69, 9.17) is 31.6 Å². The lowest BCUT2D eigenvalue weighted by molar-refractivity contribution is 0.0280. The number of halogens is 1. The van der Waals surface area contributed by atoms with Gasteiger partial charge in [-0.05, 0) is 132 Å². The van der Waals surface area contributed by atoms with Gasteiger partial charge in [-0.3, -0.25) is 19.3 Å². The van der Waals surface area contributed by atoms with Gasteiger partial charge in [0.2, 0.25) is 5.95 Å². The van der Waals surface area contributed by atoms with Crippen molar-refractivity contribution in [3.05, 3.63) is 104 Å². The van der Waals surface area contributed by atoms with Crippen LogP contribution in [0.4, 0.5) is 5.95 Å². The van der Waals surface area contributed by atoms with Crippen LogP contribution in [0.1, 0.15) is 119 Å². The van der Waals surface area contributed by atoms with Gasteiger partial charge < -0.3 is 15.0 Å². The molecular weight excluding hydrogens is 780 g/mol. The quantitative estimate of drug-likeness (QED) is 0.164. The van der Waals surface area contributed by atoms with Crippen molar-refractivity contribution in [1.29, 1.82) is 5.26 Å². The number of carbonyl (C=O) groups excluding carboxylic acids is 1. The smallest absolute Gasteiger partial charge is 0.254 e. The maximum atomic E-state index is 13.1. The van der Waals surface area contributed by atoms with Crippen molar-refractivity contribution in [2.45, 2.75) is 109 Å². The topological polar surface area (TPSA) is 147 Å². The number of rotatable bonds is 8. The highest BCUT2D eigenvalue weighted by Gasteiger charge is 2.52. The number of nitrogens with zero attached hydrogens (tertiary/aromatic N) is 9. The molecule has 4 aromatic heterocycles. The van der Waals surface area contributed by atoms with Crippen molar-refractivity contribution in [1.82, 2.24) is 35.0 Å². The molecule has 12 nitrogen and oxygen atoms in total. The van der Waals surface area contributed by atoms with E-state index in [2.05, 4.69) is 73.2 Å². The second-order valence-electron chi connectivity index (χ2n) is 17.5. The predicted octanol–water partition coefficient (Wildman–Crippen LogP) is 8.16. The third-order valence-electron chi connectivity index (χ3n) is 13.5. The van der Waals surface area contributed by atoms with Crippen molar-refractivity contribution in [3.8, 4) is 16.8 Å². The number of nitrogens with one attached hydrogen (secondary N) is 1. The second-order valence-corrected chi connectivity index (χ2v) is 19.1. The number of hydrogen-bond donors (Lipinski definition) is 1. The van der Waals surface area contributed by atoms with E-state index in [1.54, 1.807) is 41.9 Å². The fourth-order valence-electron chi connectivity index (χ4n) is 9.88. The van der Waals surface area contributed by atoms with Crippen LogP contribution in [0.5, 0.6) is 5.75 Å². The number of nitriles is 1. The van der Waals surface area contributed by atoms with E-state index in [1.807, 2.05) is 6.92 Å². The molecule has 10 rings (SSSR count). The van der Waals surface area contributed by atoms with Crippen molar-refractivity contribution in [2.24, 2.45) is 16.3 Å². The van der Waals surface area contributed by atoms with Gasteiger partial charge in [0.1, 0.15) is 28.2 Å². The van der Waals surface area contributed by atoms with Crippen LogP contribution in [0.2, 0.25) is 5.02 Å². The van der Waals surface area contributed by atoms with E-state index in [-0.39, 0.29) is 23.6 Å². The van der Waals surface area contributed by atoms with Gasteiger partial charge in [0.25, 0.3) is 5.91 Å². The fraction of sp³-hybridized carbons (Fsp3) is 0.467. The Morgan fingerprint density at radius 1 is 0.983 bits per heavy atom. The van der Waals surface area contributed by atoms with Crippen LogP contribution in [-0.4, -0.2) is 66.6 Å². The molecule has 6 heterocycles. The molecule has 1 aromatic carbocycles. The van der Waals surface area contributed by atoms with E-state index < -0.39 is 0 Å². The average molecular weight is 827 g/mol. The molecule has 0 atom stereocenters. The maximum absolute atomic E-state index is 13.1. The molecule has 0 radical (unpaired) electrons. The van der Waals surface area contributed by atoms with E-state index >= 15 is 0 Å². The van der Waals surface area contributed by atoms with Gasteiger partial charge in [-0.15, -0.1) is 21.5 Å². The Labute approximate surface area is 353 Å².